The second-order valence-electron chi connectivity index (χ2n) is 3.05. The van der Waals surface area contributed by atoms with Crippen molar-refractivity contribution in [2.75, 3.05) is 6.26 Å². The smallest absolute Gasteiger partial charge is 0.335 e. The highest BCUT2D eigenvalue weighted by molar-refractivity contribution is 7.90. The van der Waals surface area contributed by atoms with E-state index in [4.69, 9.17) is 5.11 Å². The van der Waals surface area contributed by atoms with Crippen molar-refractivity contribution in [2.24, 2.45) is 0 Å². The maximum atomic E-state index is 11.3. The van der Waals surface area contributed by atoms with E-state index in [0.29, 0.717) is 0 Å². The fourth-order valence-corrected chi connectivity index (χ4v) is 2.07. The molecule has 0 aromatic heterocycles. The van der Waals surface area contributed by atoms with Crippen molar-refractivity contribution in [1.29, 1.82) is 0 Å². The molecule has 1 aromatic rings. The van der Waals surface area contributed by atoms with Gasteiger partial charge in [-0.15, -0.1) is 0 Å². The number of carbonyl (C=O) groups is 1. The van der Waals surface area contributed by atoms with Crippen LogP contribution in [0, 0.1) is 0 Å². The van der Waals surface area contributed by atoms with Gasteiger partial charge in [-0.05, 0) is 6.07 Å². The Bertz CT molecular complexity index is 514. The summed E-state index contributed by atoms with van der Waals surface area (Å²) in [5.41, 5.74) is -0.0940. The van der Waals surface area contributed by atoms with Gasteiger partial charge < -0.3 is 5.11 Å². The molecular weight excluding hydrogens is 216 g/mol. The number of sulfone groups is 1. The molecule has 0 unspecified atom stereocenters. The van der Waals surface area contributed by atoms with Crippen LogP contribution in [0.25, 0.3) is 5.57 Å². The standard InChI is InChI=1S/C10H10O4S/c1-7(10(11)12)8-5-3-4-6-9(8)15(2,13)14/h3-6H,1H2,2H3,(H,11,12). The molecule has 1 N–H and O–H groups in total. The van der Waals surface area contributed by atoms with Crippen LogP contribution in [0.1, 0.15) is 5.56 Å². The SMILES string of the molecule is C=C(C(=O)O)c1ccccc1S(C)(=O)=O. The van der Waals surface area contributed by atoms with Crippen LogP contribution in [0.4, 0.5) is 0 Å². The highest BCUT2D eigenvalue weighted by Gasteiger charge is 2.17. The van der Waals surface area contributed by atoms with Crippen LogP contribution in [-0.2, 0) is 14.6 Å². The number of carboxylic acids is 1. The van der Waals surface area contributed by atoms with Gasteiger partial charge in [-0.1, -0.05) is 24.8 Å². The van der Waals surface area contributed by atoms with E-state index in [1.165, 1.54) is 18.2 Å². The highest BCUT2D eigenvalue weighted by Crippen LogP contribution is 2.22. The first-order chi connectivity index (χ1) is 6.84. The van der Waals surface area contributed by atoms with Crippen LogP contribution in [0.5, 0.6) is 0 Å². The third kappa shape index (κ3) is 2.44. The summed E-state index contributed by atoms with van der Waals surface area (Å²) in [4.78, 5) is 10.7. The fourth-order valence-electron chi connectivity index (χ4n) is 1.15. The van der Waals surface area contributed by atoms with Gasteiger partial charge in [0.2, 0.25) is 0 Å². The zero-order valence-corrected chi connectivity index (χ0v) is 8.91. The van der Waals surface area contributed by atoms with Crippen LogP contribution >= 0.6 is 0 Å². The molecule has 0 heterocycles. The first kappa shape index (κ1) is 11.5. The van der Waals surface area contributed by atoms with Crippen molar-refractivity contribution < 1.29 is 18.3 Å². The van der Waals surface area contributed by atoms with Crippen molar-refractivity contribution in [3.8, 4) is 0 Å². The van der Waals surface area contributed by atoms with Gasteiger partial charge in [0.05, 0.1) is 10.5 Å². The summed E-state index contributed by atoms with van der Waals surface area (Å²) in [6.45, 7) is 3.33. The molecule has 0 saturated heterocycles. The van der Waals surface area contributed by atoms with Crippen molar-refractivity contribution in [2.45, 2.75) is 4.90 Å². The van der Waals surface area contributed by atoms with E-state index in [1.807, 2.05) is 0 Å². The van der Waals surface area contributed by atoms with Gasteiger partial charge in [-0.3, -0.25) is 0 Å². The Balaban J connectivity index is 3.44. The van der Waals surface area contributed by atoms with E-state index in [1.54, 1.807) is 6.07 Å². The van der Waals surface area contributed by atoms with Crippen LogP contribution in [0.3, 0.4) is 0 Å². The zero-order chi connectivity index (χ0) is 11.6. The summed E-state index contributed by atoms with van der Waals surface area (Å²) in [5, 5.41) is 8.73. The molecule has 0 bridgehead atoms. The topological polar surface area (TPSA) is 71.4 Å². The largest absolute Gasteiger partial charge is 0.478 e. The van der Waals surface area contributed by atoms with E-state index < -0.39 is 15.8 Å². The quantitative estimate of drug-likeness (QED) is 0.786. The van der Waals surface area contributed by atoms with Crippen LogP contribution < -0.4 is 0 Å². The molecule has 0 spiro atoms. The highest BCUT2D eigenvalue weighted by atomic mass is 32.2. The fraction of sp³-hybridized carbons (Fsp3) is 0.100. The molecule has 15 heavy (non-hydrogen) atoms. The molecule has 1 aromatic carbocycles. The maximum absolute atomic E-state index is 11.3. The minimum absolute atomic E-state index is 0.0163. The van der Waals surface area contributed by atoms with Gasteiger partial charge >= 0.3 is 5.97 Å². The van der Waals surface area contributed by atoms with Gasteiger partial charge in [0.25, 0.3) is 0 Å². The molecule has 80 valence electrons. The molecular formula is C10H10O4S. The van der Waals surface area contributed by atoms with Crippen molar-refractivity contribution >= 4 is 21.4 Å². The normalized spacial score (nSPS) is 11.0. The zero-order valence-electron chi connectivity index (χ0n) is 8.10. The minimum Gasteiger partial charge on any atom is -0.478 e. The lowest BCUT2D eigenvalue weighted by molar-refractivity contribution is -0.130. The van der Waals surface area contributed by atoms with Gasteiger partial charge in [-0.25, -0.2) is 13.2 Å². The molecule has 0 radical (unpaired) electrons. The predicted molar refractivity (Wildman–Crippen MR) is 56.2 cm³/mol. The average Bonchev–Trinajstić information content (AvgIpc) is 2.15. The monoisotopic (exact) mass is 226 g/mol. The second kappa shape index (κ2) is 3.86. The summed E-state index contributed by atoms with van der Waals surface area (Å²) in [6, 6.07) is 5.89. The number of hydrogen-bond donors (Lipinski definition) is 1. The summed E-state index contributed by atoms with van der Waals surface area (Å²) in [7, 11) is -3.44. The Labute approximate surface area is 87.8 Å². The van der Waals surface area contributed by atoms with Crippen molar-refractivity contribution in [1.82, 2.24) is 0 Å². The second-order valence-corrected chi connectivity index (χ2v) is 5.04. The molecule has 0 fully saturated rings. The molecule has 5 heteroatoms. The predicted octanol–water partition coefficient (Wildman–Crippen LogP) is 1.19. The van der Waals surface area contributed by atoms with Crippen LogP contribution in [-0.4, -0.2) is 25.7 Å². The number of hydrogen-bond acceptors (Lipinski definition) is 3. The molecule has 0 aliphatic carbocycles. The number of rotatable bonds is 3. The lowest BCUT2D eigenvalue weighted by atomic mass is 10.1. The van der Waals surface area contributed by atoms with Gasteiger partial charge in [0, 0.05) is 11.8 Å². The van der Waals surface area contributed by atoms with Crippen molar-refractivity contribution in [3.63, 3.8) is 0 Å². The van der Waals surface area contributed by atoms with Gasteiger partial charge in [0.15, 0.2) is 9.84 Å². The molecule has 0 saturated carbocycles. The average molecular weight is 226 g/mol. The summed E-state index contributed by atoms with van der Waals surface area (Å²) >= 11 is 0. The van der Waals surface area contributed by atoms with Crippen LogP contribution in [0.15, 0.2) is 35.7 Å². The third-order valence-corrected chi connectivity index (χ3v) is 3.02. The van der Waals surface area contributed by atoms with Gasteiger partial charge in [0.1, 0.15) is 0 Å². The van der Waals surface area contributed by atoms with E-state index in [9.17, 15) is 13.2 Å². The van der Waals surface area contributed by atoms with E-state index in [2.05, 4.69) is 6.58 Å². The minimum atomic E-state index is -3.44. The Morgan fingerprint density at radius 1 is 1.33 bits per heavy atom. The van der Waals surface area contributed by atoms with E-state index in [0.717, 1.165) is 6.26 Å². The lowest BCUT2D eigenvalue weighted by Crippen LogP contribution is -2.05. The molecule has 4 nitrogen and oxygen atoms in total. The molecule has 0 aliphatic rings. The third-order valence-electron chi connectivity index (χ3n) is 1.87. The Hall–Kier alpha value is -1.62. The van der Waals surface area contributed by atoms with Crippen molar-refractivity contribution in [3.05, 3.63) is 36.4 Å². The van der Waals surface area contributed by atoms with E-state index >= 15 is 0 Å². The Morgan fingerprint density at radius 3 is 2.33 bits per heavy atom. The number of carboxylic acid groups (broad SMARTS) is 1. The first-order valence-corrected chi connectivity index (χ1v) is 5.95. The van der Waals surface area contributed by atoms with Gasteiger partial charge in [-0.2, -0.15) is 0 Å². The molecule has 0 atom stereocenters. The summed E-state index contributed by atoms with van der Waals surface area (Å²) in [6.07, 6.45) is 1.03. The molecule has 1 rings (SSSR count). The number of benzene rings is 1. The van der Waals surface area contributed by atoms with E-state index in [-0.39, 0.29) is 16.0 Å². The lowest BCUT2D eigenvalue weighted by Gasteiger charge is -2.06. The molecule has 0 aliphatic heterocycles. The summed E-state index contributed by atoms with van der Waals surface area (Å²) in [5.74, 6) is -1.23. The Morgan fingerprint density at radius 2 is 1.87 bits per heavy atom. The Kier molecular flexibility index (Phi) is 2.95. The molecule has 0 amide bonds. The maximum Gasteiger partial charge on any atom is 0.335 e. The summed E-state index contributed by atoms with van der Waals surface area (Å²) < 4.78 is 22.7. The number of aliphatic carboxylic acids is 1. The van der Waals surface area contributed by atoms with Crippen LogP contribution in [0.2, 0.25) is 0 Å². The first-order valence-electron chi connectivity index (χ1n) is 4.05.